The van der Waals surface area contributed by atoms with E-state index in [9.17, 15) is 13.9 Å². The molecule has 1 N–H and O–H groups in total. The van der Waals surface area contributed by atoms with Gasteiger partial charge in [0.1, 0.15) is 11.9 Å². The third-order valence-electron chi connectivity index (χ3n) is 3.35. The van der Waals surface area contributed by atoms with E-state index in [1.54, 1.807) is 6.07 Å². The van der Waals surface area contributed by atoms with Gasteiger partial charge in [0.2, 0.25) is 0 Å². The molecule has 1 unspecified atom stereocenters. The summed E-state index contributed by atoms with van der Waals surface area (Å²) in [5.74, 6) is -1.45. The Bertz CT molecular complexity index is 673. The Morgan fingerprint density at radius 3 is 2.80 bits per heavy atom. The zero-order valence-electron chi connectivity index (χ0n) is 10.4. The quantitative estimate of drug-likeness (QED) is 0.902. The van der Waals surface area contributed by atoms with Crippen LogP contribution in [-0.4, -0.2) is 11.7 Å². The Balaban J connectivity index is 2.11. The monoisotopic (exact) mass is 340 g/mol. The van der Waals surface area contributed by atoms with Gasteiger partial charge in [0, 0.05) is 22.0 Å². The molecular weight excluding hydrogens is 330 g/mol. The number of ether oxygens (including phenoxy) is 1. The molecule has 0 spiro atoms. The van der Waals surface area contributed by atoms with Gasteiger partial charge in [-0.2, -0.15) is 0 Å². The normalized spacial score (nSPS) is 14.8. The molecule has 2 aromatic rings. The lowest BCUT2D eigenvalue weighted by Crippen LogP contribution is -2.06. The number of hydrogen-bond donors (Lipinski definition) is 1. The van der Waals surface area contributed by atoms with E-state index in [2.05, 4.69) is 15.9 Å². The van der Waals surface area contributed by atoms with Crippen LogP contribution in [0.5, 0.6) is 5.75 Å². The van der Waals surface area contributed by atoms with Gasteiger partial charge < -0.3 is 9.84 Å². The fraction of sp³-hybridized carbons (Fsp3) is 0.200. The molecule has 0 amide bonds. The van der Waals surface area contributed by atoms with Crippen molar-refractivity contribution in [3.8, 4) is 5.75 Å². The molecule has 0 fully saturated rings. The smallest absolute Gasteiger partial charge is 0.164 e. The van der Waals surface area contributed by atoms with Crippen LogP contribution in [0.2, 0.25) is 0 Å². The Labute approximate surface area is 123 Å². The first-order chi connectivity index (χ1) is 9.58. The van der Waals surface area contributed by atoms with E-state index in [0.29, 0.717) is 17.9 Å². The van der Waals surface area contributed by atoms with Crippen LogP contribution < -0.4 is 4.74 Å². The molecule has 0 saturated heterocycles. The molecule has 1 atom stereocenters. The molecule has 1 aliphatic rings. The highest BCUT2D eigenvalue weighted by atomic mass is 79.9. The fourth-order valence-corrected chi connectivity index (χ4v) is 2.92. The van der Waals surface area contributed by atoms with Crippen molar-refractivity contribution in [3.63, 3.8) is 0 Å². The van der Waals surface area contributed by atoms with Crippen LogP contribution in [0.4, 0.5) is 8.78 Å². The second-order valence-corrected chi connectivity index (χ2v) is 5.54. The first-order valence-electron chi connectivity index (χ1n) is 6.15. The summed E-state index contributed by atoms with van der Waals surface area (Å²) in [7, 11) is 0. The molecule has 20 heavy (non-hydrogen) atoms. The van der Waals surface area contributed by atoms with E-state index >= 15 is 0 Å². The summed E-state index contributed by atoms with van der Waals surface area (Å²) in [6, 6.07) is 7.33. The summed E-state index contributed by atoms with van der Waals surface area (Å²) in [5, 5.41) is 10.4. The average Bonchev–Trinajstić information content (AvgIpc) is 2.88. The third-order valence-corrected chi connectivity index (χ3v) is 3.81. The van der Waals surface area contributed by atoms with Crippen LogP contribution in [0.1, 0.15) is 22.8 Å². The topological polar surface area (TPSA) is 29.5 Å². The van der Waals surface area contributed by atoms with E-state index < -0.39 is 17.7 Å². The first-order valence-corrected chi connectivity index (χ1v) is 6.94. The van der Waals surface area contributed by atoms with E-state index in [1.807, 2.05) is 6.07 Å². The van der Waals surface area contributed by atoms with Crippen LogP contribution in [-0.2, 0) is 6.42 Å². The van der Waals surface area contributed by atoms with Crippen LogP contribution >= 0.6 is 15.9 Å². The van der Waals surface area contributed by atoms with E-state index in [0.717, 1.165) is 22.5 Å². The van der Waals surface area contributed by atoms with Gasteiger partial charge in [0.25, 0.3) is 0 Å². The van der Waals surface area contributed by atoms with Gasteiger partial charge in [-0.25, -0.2) is 8.78 Å². The van der Waals surface area contributed by atoms with Crippen molar-refractivity contribution in [2.24, 2.45) is 0 Å². The predicted octanol–water partition coefficient (Wildman–Crippen LogP) is 3.74. The molecule has 5 heteroatoms. The minimum Gasteiger partial charge on any atom is -0.493 e. The largest absolute Gasteiger partial charge is 0.493 e. The van der Waals surface area contributed by atoms with Crippen molar-refractivity contribution in [1.82, 2.24) is 0 Å². The van der Waals surface area contributed by atoms with Crippen molar-refractivity contribution in [2.75, 3.05) is 6.61 Å². The number of hydrogen-bond acceptors (Lipinski definition) is 2. The molecule has 0 saturated carbocycles. The standard InChI is InChI=1S/C15H11BrF2O2/c16-9-6-8-4-5-20-15(8)11(7-9)14(19)10-2-1-3-12(17)13(10)18/h1-3,6-7,14,19H,4-5H2. The predicted molar refractivity (Wildman–Crippen MR) is 73.8 cm³/mol. The highest BCUT2D eigenvalue weighted by Gasteiger charge is 2.25. The molecule has 0 aliphatic carbocycles. The Morgan fingerprint density at radius 1 is 1.20 bits per heavy atom. The Hall–Kier alpha value is -1.46. The highest BCUT2D eigenvalue weighted by molar-refractivity contribution is 9.10. The van der Waals surface area contributed by atoms with Gasteiger partial charge >= 0.3 is 0 Å². The van der Waals surface area contributed by atoms with E-state index in [1.165, 1.54) is 12.1 Å². The lowest BCUT2D eigenvalue weighted by Gasteiger charge is -2.16. The summed E-state index contributed by atoms with van der Waals surface area (Å²) in [6.07, 6.45) is -0.532. The minimum absolute atomic E-state index is 0.0965. The number of aliphatic hydroxyl groups is 1. The number of rotatable bonds is 2. The Kier molecular flexibility index (Phi) is 3.48. The van der Waals surface area contributed by atoms with Crippen molar-refractivity contribution in [3.05, 3.63) is 63.1 Å². The van der Waals surface area contributed by atoms with Crippen LogP contribution in [0.3, 0.4) is 0 Å². The van der Waals surface area contributed by atoms with Gasteiger partial charge in [-0.05, 0) is 23.8 Å². The van der Waals surface area contributed by atoms with Gasteiger partial charge in [0.15, 0.2) is 11.6 Å². The summed E-state index contributed by atoms with van der Waals surface area (Å²) in [5.41, 5.74) is 1.29. The van der Waals surface area contributed by atoms with Crippen molar-refractivity contribution < 1.29 is 18.6 Å². The zero-order valence-corrected chi connectivity index (χ0v) is 12.0. The number of halogens is 3. The molecule has 2 aromatic carbocycles. The lowest BCUT2D eigenvalue weighted by molar-refractivity contribution is 0.207. The fourth-order valence-electron chi connectivity index (χ4n) is 2.40. The highest BCUT2D eigenvalue weighted by Crippen LogP contribution is 2.39. The van der Waals surface area contributed by atoms with Gasteiger partial charge in [-0.3, -0.25) is 0 Å². The summed E-state index contributed by atoms with van der Waals surface area (Å²) >= 11 is 3.36. The number of fused-ring (bicyclic) bond motifs is 1. The number of aliphatic hydroxyl groups excluding tert-OH is 1. The summed E-state index contributed by atoms with van der Waals surface area (Å²) < 4.78 is 33.4. The maximum atomic E-state index is 13.8. The minimum atomic E-state index is -1.27. The zero-order chi connectivity index (χ0) is 14.3. The van der Waals surface area contributed by atoms with E-state index in [4.69, 9.17) is 4.74 Å². The average molecular weight is 341 g/mol. The maximum Gasteiger partial charge on any atom is 0.164 e. The van der Waals surface area contributed by atoms with Crippen LogP contribution in [0.15, 0.2) is 34.8 Å². The molecule has 104 valence electrons. The Morgan fingerprint density at radius 2 is 2.00 bits per heavy atom. The first kappa shape index (κ1) is 13.5. The van der Waals surface area contributed by atoms with Crippen molar-refractivity contribution >= 4 is 15.9 Å². The number of benzene rings is 2. The van der Waals surface area contributed by atoms with Gasteiger partial charge in [-0.15, -0.1) is 0 Å². The second kappa shape index (κ2) is 5.14. The van der Waals surface area contributed by atoms with Crippen molar-refractivity contribution in [1.29, 1.82) is 0 Å². The van der Waals surface area contributed by atoms with Gasteiger partial charge in [-0.1, -0.05) is 28.1 Å². The van der Waals surface area contributed by atoms with Crippen LogP contribution in [0, 0.1) is 11.6 Å². The lowest BCUT2D eigenvalue weighted by atomic mass is 9.98. The summed E-state index contributed by atoms with van der Waals surface area (Å²) in [6.45, 7) is 0.525. The van der Waals surface area contributed by atoms with E-state index in [-0.39, 0.29) is 5.56 Å². The second-order valence-electron chi connectivity index (χ2n) is 4.63. The molecular formula is C15H11BrF2O2. The summed E-state index contributed by atoms with van der Waals surface area (Å²) in [4.78, 5) is 0. The molecule has 0 aromatic heterocycles. The van der Waals surface area contributed by atoms with Crippen molar-refractivity contribution in [2.45, 2.75) is 12.5 Å². The molecule has 3 rings (SSSR count). The van der Waals surface area contributed by atoms with Gasteiger partial charge in [0.05, 0.1) is 6.61 Å². The van der Waals surface area contributed by atoms with Crippen LogP contribution in [0.25, 0.3) is 0 Å². The molecule has 2 nitrogen and oxygen atoms in total. The molecule has 0 bridgehead atoms. The molecule has 1 heterocycles. The third kappa shape index (κ3) is 2.21. The SMILES string of the molecule is OC(c1cccc(F)c1F)c1cc(Br)cc2c1OCC2. The molecule has 1 aliphatic heterocycles. The maximum absolute atomic E-state index is 13.8. The molecule has 0 radical (unpaired) electrons.